The number of nitrogens with two attached hydrogens (primary N) is 3. The number of hydrogen-bond acceptors (Lipinski definition) is 34. The van der Waals surface area contributed by atoms with Crippen LogP contribution in [-0.2, 0) is 121 Å². The fraction of sp³-hybridized carbons (Fsp3) is 0.709. The number of primary amides is 1. The van der Waals surface area contributed by atoms with E-state index in [0.29, 0.717) is 142 Å². The fourth-order valence-corrected chi connectivity index (χ4v) is 15.4. The first kappa shape index (κ1) is 124. The molecule has 0 radical (unpaired) electrons. The summed E-state index contributed by atoms with van der Waals surface area (Å²) in [5.41, 5.74) is 16.6. The molecule has 0 aromatic heterocycles. The summed E-state index contributed by atoms with van der Waals surface area (Å²) in [6.45, 7) is 19.9. The number of oxime groups is 2. The molecule has 0 aliphatic carbocycles. The van der Waals surface area contributed by atoms with Gasteiger partial charge in [-0.1, -0.05) is 62.2 Å². The van der Waals surface area contributed by atoms with Gasteiger partial charge < -0.3 is 156 Å². The van der Waals surface area contributed by atoms with Crippen LogP contribution in [0.25, 0.3) is 0 Å². The smallest absolute Gasteiger partial charge is 0.305 e. The van der Waals surface area contributed by atoms with Gasteiger partial charge in [-0.05, 0) is 131 Å². The molecule has 782 valence electrons. The van der Waals surface area contributed by atoms with E-state index in [1.807, 2.05) is 27.7 Å². The summed E-state index contributed by atoms with van der Waals surface area (Å²) in [6, 6.07) is -0.312. The monoisotopic (exact) mass is 2020 g/mol. The SMILES string of the molecule is C/C(=N/O)C(C)(C)NCCC(CCNC(=O)CCCC(=O)NCCCC[C@@H]1NC(=O)CSC[C@@H](C)NC(=O)[C@H](Cc2ccccc2)NC(=O)[C@@H]2CSSC[C@H](NC1=O)C(=O)N[C@@H](CCCN=C(N)N)C(=O)NCC(=O)N[C@@H](CC(=O)O)C(=O)N2)CCNC(C)(C)/C(C)=N\O.CC(=O)NCCOCCOCCOCCNC(=O)COCC(=O)NCCOCCOCCOCCNC(=O)COCC(N)=O. The van der Waals surface area contributed by atoms with Crippen LogP contribution in [0, 0.1) is 5.92 Å². The number of thioether (sulfide) groups is 1. The number of carboxylic acids is 1. The molecule has 2 bridgehead atoms. The number of nitrogens with one attached hydrogen (secondary N) is 16. The maximum atomic E-state index is 14.4. The molecule has 2 fully saturated rings. The molecule has 3 rings (SSSR count). The Balaban J connectivity index is 0.00000122. The summed E-state index contributed by atoms with van der Waals surface area (Å²) in [4.78, 5) is 210. The minimum absolute atomic E-state index is 0.00288. The van der Waals surface area contributed by atoms with Crippen LogP contribution in [-0.4, -0.2) is 375 Å². The van der Waals surface area contributed by atoms with Crippen molar-refractivity contribution in [2.75, 3.05) is 194 Å². The Morgan fingerprint density at radius 3 is 1.36 bits per heavy atom. The highest BCUT2D eigenvalue weighted by Crippen LogP contribution is 2.25. The molecule has 25 N–H and O–H groups in total. The molecule has 15 amide bonds. The number of aliphatic imine (C=N–C) groups is 1. The van der Waals surface area contributed by atoms with Gasteiger partial charge in [-0.25, -0.2) is 0 Å². The second kappa shape index (κ2) is 74.6. The second-order valence-corrected chi connectivity index (χ2v) is 36.4. The van der Waals surface area contributed by atoms with Crippen molar-refractivity contribution in [3.05, 3.63) is 35.9 Å². The van der Waals surface area contributed by atoms with Crippen molar-refractivity contribution < 1.29 is 130 Å². The number of carboxylic acid groups (broad SMARTS) is 1. The number of carbonyl (C=O) groups is 16. The molecule has 2 aliphatic rings. The molecular weight excluding hydrogens is 1870 g/mol. The highest BCUT2D eigenvalue weighted by Gasteiger charge is 2.36. The van der Waals surface area contributed by atoms with E-state index in [9.17, 15) is 92.2 Å². The van der Waals surface area contributed by atoms with Crippen LogP contribution in [0.3, 0.4) is 0 Å². The van der Waals surface area contributed by atoms with Crippen molar-refractivity contribution in [1.82, 2.24) is 85.1 Å². The average Bonchev–Trinajstić information content (AvgIpc) is 1.51. The third-order valence-electron chi connectivity index (χ3n) is 20.4. The molecule has 0 unspecified atom stereocenters. The van der Waals surface area contributed by atoms with E-state index in [0.717, 1.165) is 46.2 Å². The van der Waals surface area contributed by atoms with Gasteiger partial charge in [-0.15, -0.1) is 11.8 Å². The summed E-state index contributed by atoms with van der Waals surface area (Å²) < 4.78 is 41.8. The van der Waals surface area contributed by atoms with Gasteiger partial charge in [0.1, 0.15) is 62.7 Å². The molecule has 2 heterocycles. The summed E-state index contributed by atoms with van der Waals surface area (Å²) in [5, 5.41) is 79.1. The quantitative estimate of drug-likeness (QED) is 0.00728. The first-order chi connectivity index (χ1) is 65.8. The highest BCUT2D eigenvalue weighted by molar-refractivity contribution is 8.76. The Kier molecular flexibility index (Phi) is 66.9. The number of benzene rings is 1. The van der Waals surface area contributed by atoms with Crippen molar-refractivity contribution in [3.8, 4) is 0 Å². The van der Waals surface area contributed by atoms with E-state index in [2.05, 4.69) is 100 Å². The number of amides is 15. The largest absolute Gasteiger partial charge is 0.481 e. The molecule has 0 saturated carbocycles. The number of aliphatic carboxylic acids is 1. The lowest BCUT2D eigenvalue weighted by molar-refractivity contribution is -0.141. The Morgan fingerprint density at radius 1 is 0.457 bits per heavy atom. The lowest BCUT2D eigenvalue weighted by atomic mass is 9.94. The van der Waals surface area contributed by atoms with Gasteiger partial charge in [0.05, 0.1) is 121 Å². The third-order valence-corrected chi connectivity index (χ3v) is 24.1. The number of guanidine groups is 1. The van der Waals surface area contributed by atoms with Crippen LogP contribution in [0.15, 0.2) is 45.6 Å². The Bertz CT molecular complexity index is 3920. The Hall–Kier alpha value is -10.4. The van der Waals surface area contributed by atoms with Gasteiger partial charge in [0.15, 0.2) is 5.96 Å². The van der Waals surface area contributed by atoms with Crippen LogP contribution < -0.4 is 102 Å². The lowest BCUT2D eigenvalue weighted by Crippen LogP contribution is -2.59. The normalized spacial score (nSPS) is 18.4. The standard InChI is InChI=1S/C60H99N17O14S3.C26H49N5O13/c1-36-32-92-35-50(81)70-42(17-11-12-24-63-47(78)19-13-20-48(79)64-26-21-39(22-27-67-59(4,5)37(2)76-90)23-28-68-60(6,7)38(3)77-91)53(85)74-45-33-93-94-34-46(57(89)73-43(54(86)69-36)29-40-15-9-8-10-16-40)75-55(87)44(30-51(82)83)71-49(80)31-66-52(84)41(72-56(45)88)18-14-25-65-58(61)62;1-22(32)28-2-6-37-10-14-41-15-11-39-8-4-30-25(35)20-44-21-26(36)31-5-9-40-13-17-42-16-12-38-7-3-29-24(34)19-43-18-23(27)33/h8-10,15-16,36,39,41-46,67-68,90-91H,11-14,17-35H2,1-7H3,(H,63,78)(H,64,79)(H,66,84)(H,69,86)(H,70,81)(H,71,80)(H,72,88)(H,73,89)(H,74,85)(H,75,87)(H,82,83)(H4,61,62,65);2-21H2,1H3,(H2,27,33)(H,28,32)(H,29,34)(H,30,35)(H,31,36)/b76-37-,77-38-;/t36-,41+,42+,43+,44+,45+,46+;/m1./s1. The average molecular weight is 2020 g/mol. The maximum absolute atomic E-state index is 14.4. The van der Waals surface area contributed by atoms with Crippen molar-refractivity contribution in [3.63, 3.8) is 0 Å². The number of nitrogens with zero attached hydrogens (tertiary/aromatic N) is 3. The summed E-state index contributed by atoms with van der Waals surface area (Å²) >= 11 is 1.14. The number of unbranched alkanes of at least 4 members (excludes halogenated alkanes) is 1. The third kappa shape index (κ3) is 62.5. The minimum Gasteiger partial charge on any atom is -0.481 e. The molecule has 138 heavy (non-hydrogen) atoms. The highest BCUT2D eigenvalue weighted by atomic mass is 33.1. The molecule has 2 aliphatic heterocycles. The van der Waals surface area contributed by atoms with Gasteiger partial charge in [0, 0.05) is 95.3 Å². The molecule has 49 nitrogen and oxygen atoms in total. The second-order valence-electron chi connectivity index (χ2n) is 32.8. The van der Waals surface area contributed by atoms with Gasteiger partial charge in [-0.2, -0.15) is 0 Å². The van der Waals surface area contributed by atoms with E-state index < -0.39 is 125 Å². The summed E-state index contributed by atoms with van der Waals surface area (Å²) in [6.07, 6.45) is 2.43. The predicted octanol–water partition coefficient (Wildman–Crippen LogP) is -4.69. The molecule has 7 atom stereocenters. The van der Waals surface area contributed by atoms with Gasteiger partial charge in [0.25, 0.3) is 0 Å². The zero-order chi connectivity index (χ0) is 102. The number of hydrogen-bond donors (Lipinski definition) is 22. The van der Waals surface area contributed by atoms with Crippen molar-refractivity contribution in [1.29, 1.82) is 0 Å². The van der Waals surface area contributed by atoms with Crippen molar-refractivity contribution in [2.24, 2.45) is 38.4 Å². The molecule has 52 heteroatoms. The van der Waals surface area contributed by atoms with Gasteiger partial charge in [0.2, 0.25) is 88.6 Å². The van der Waals surface area contributed by atoms with E-state index in [1.54, 1.807) is 51.1 Å². The van der Waals surface area contributed by atoms with Crippen LogP contribution >= 0.6 is 33.3 Å². The summed E-state index contributed by atoms with van der Waals surface area (Å²) in [7, 11) is 1.94. The van der Waals surface area contributed by atoms with Crippen molar-refractivity contribution >= 4 is 145 Å². The van der Waals surface area contributed by atoms with E-state index in [4.69, 9.17) is 55.1 Å². The minimum atomic E-state index is -1.75. The molecular formula is C86H148N22O27S3. The van der Waals surface area contributed by atoms with E-state index in [1.165, 1.54) is 6.92 Å². The predicted molar refractivity (Wildman–Crippen MR) is 515 cm³/mol. The molecule has 0 spiro atoms. The number of carbonyl (C=O) groups excluding carboxylic acids is 15. The molecule has 2 saturated heterocycles. The zero-order valence-electron chi connectivity index (χ0n) is 80.3. The maximum Gasteiger partial charge on any atom is 0.305 e. The van der Waals surface area contributed by atoms with E-state index >= 15 is 0 Å². The van der Waals surface area contributed by atoms with Crippen LogP contribution in [0.2, 0.25) is 0 Å². The van der Waals surface area contributed by atoms with Crippen molar-refractivity contribution in [2.45, 2.75) is 192 Å². The molecule has 1 aromatic carbocycles. The summed E-state index contributed by atoms with van der Waals surface area (Å²) in [5.74, 6) is -11.0. The molecule has 1 aromatic rings. The number of rotatable bonds is 62. The first-order valence-corrected chi connectivity index (χ1v) is 49.4. The number of ether oxygens (including phenoxy) is 8. The Labute approximate surface area is 817 Å². The first-order valence-electron chi connectivity index (χ1n) is 45.7. The lowest BCUT2D eigenvalue weighted by Gasteiger charge is -2.28. The van der Waals surface area contributed by atoms with Crippen LogP contribution in [0.1, 0.15) is 138 Å². The topological polar surface area (TPSA) is 715 Å². The fourth-order valence-electron chi connectivity index (χ4n) is 12.3. The van der Waals surface area contributed by atoms with Gasteiger partial charge in [-0.3, -0.25) is 81.7 Å². The van der Waals surface area contributed by atoms with Crippen LogP contribution in [0.5, 0.6) is 0 Å². The number of fused-ring (bicyclic) bond motifs is 5. The Morgan fingerprint density at radius 2 is 0.884 bits per heavy atom. The zero-order valence-corrected chi connectivity index (χ0v) is 82.8. The van der Waals surface area contributed by atoms with E-state index in [-0.39, 0.29) is 174 Å². The van der Waals surface area contributed by atoms with Gasteiger partial charge >= 0.3 is 5.97 Å². The van der Waals surface area contributed by atoms with Crippen LogP contribution in [0.4, 0.5) is 0 Å².